The summed E-state index contributed by atoms with van der Waals surface area (Å²) in [5.74, 6) is -0.312. The number of benzene rings is 1. The second-order valence-electron chi connectivity index (χ2n) is 4.02. The quantitative estimate of drug-likeness (QED) is 0.890. The van der Waals surface area contributed by atoms with E-state index < -0.39 is 10.0 Å². The fraction of sp³-hybridized carbons (Fsp3) is 0.417. The van der Waals surface area contributed by atoms with Crippen molar-refractivity contribution in [2.24, 2.45) is 5.14 Å². The molecule has 1 rings (SSSR count). The van der Waals surface area contributed by atoms with Crippen LogP contribution >= 0.6 is 0 Å². The van der Waals surface area contributed by atoms with Gasteiger partial charge < -0.3 is 4.90 Å². The summed E-state index contributed by atoms with van der Waals surface area (Å²) in [6.45, 7) is 6.52. The van der Waals surface area contributed by atoms with E-state index in [1.807, 2.05) is 13.8 Å². The highest BCUT2D eigenvalue weighted by Crippen LogP contribution is 2.18. The van der Waals surface area contributed by atoms with Crippen molar-refractivity contribution in [3.05, 3.63) is 29.3 Å². The average Bonchev–Trinajstić information content (AvgIpc) is 2.28. The predicted octanol–water partition coefficient (Wildman–Crippen LogP) is 1.12. The Labute approximate surface area is 108 Å². The standard InChI is InChI=1S/C12H18N2O3S/c1-4-14(5-2)12(15)10-8-9(3)6-7-11(10)18(13,16)17/h6-8H,4-5H2,1-3H3,(H2,13,16,17). The number of carbonyl (C=O) groups excluding carboxylic acids is 1. The number of carbonyl (C=O) groups is 1. The van der Waals surface area contributed by atoms with E-state index in [9.17, 15) is 13.2 Å². The Hall–Kier alpha value is -1.40. The molecule has 6 heteroatoms. The first-order valence-corrected chi connectivity index (χ1v) is 7.28. The Morgan fingerprint density at radius 3 is 2.28 bits per heavy atom. The highest BCUT2D eigenvalue weighted by molar-refractivity contribution is 7.89. The zero-order chi connectivity index (χ0) is 13.9. The Morgan fingerprint density at radius 1 is 1.28 bits per heavy atom. The molecule has 0 aromatic heterocycles. The molecule has 1 aromatic carbocycles. The van der Waals surface area contributed by atoms with Gasteiger partial charge in [0, 0.05) is 13.1 Å². The third-order valence-corrected chi connectivity index (χ3v) is 3.69. The Balaban J connectivity index is 3.39. The summed E-state index contributed by atoms with van der Waals surface area (Å²) in [5, 5.41) is 5.13. The largest absolute Gasteiger partial charge is 0.339 e. The molecule has 0 spiro atoms. The molecule has 0 atom stereocenters. The summed E-state index contributed by atoms with van der Waals surface area (Å²) in [6.07, 6.45) is 0. The van der Waals surface area contributed by atoms with Gasteiger partial charge in [-0.3, -0.25) is 4.79 Å². The zero-order valence-electron chi connectivity index (χ0n) is 10.8. The van der Waals surface area contributed by atoms with E-state index in [2.05, 4.69) is 0 Å². The molecule has 5 nitrogen and oxygen atoms in total. The Kier molecular flexibility index (Phi) is 4.48. The van der Waals surface area contributed by atoms with Gasteiger partial charge in [-0.25, -0.2) is 13.6 Å². The number of hydrogen-bond acceptors (Lipinski definition) is 3. The summed E-state index contributed by atoms with van der Waals surface area (Å²) in [6, 6.07) is 4.56. The average molecular weight is 270 g/mol. The molecule has 100 valence electrons. The fourth-order valence-corrected chi connectivity index (χ4v) is 2.45. The van der Waals surface area contributed by atoms with Crippen LogP contribution in [0.3, 0.4) is 0 Å². The van der Waals surface area contributed by atoms with E-state index in [1.165, 1.54) is 6.07 Å². The molecule has 0 fully saturated rings. The Morgan fingerprint density at radius 2 is 1.83 bits per heavy atom. The number of sulfonamides is 1. The molecule has 2 N–H and O–H groups in total. The molecule has 0 aliphatic rings. The van der Waals surface area contributed by atoms with E-state index in [-0.39, 0.29) is 16.4 Å². The summed E-state index contributed by atoms with van der Waals surface area (Å²) < 4.78 is 23.0. The number of rotatable bonds is 4. The van der Waals surface area contributed by atoms with Crippen LogP contribution in [0.4, 0.5) is 0 Å². The van der Waals surface area contributed by atoms with Crippen molar-refractivity contribution in [3.8, 4) is 0 Å². The zero-order valence-corrected chi connectivity index (χ0v) is 11.6. The van der Waals surface area contributed by atoms with E-state index in [0.29, 0.717) is 13.1 Å². The van der Waals surface area contributed by atoms with Gasteiger partial charge in [-0.15, -0.1) is 0 Å². The van der Waals surface area contributed by atoms with Gasteiger partial charge in [0.05, 0.1) is 10.5 Å². The van der Waals surface area contributed by atoms with Crippen molar-refractivity contribution in [1.82, 2.24) is 4.90 Å². The van der Waals surface area contributed by atoms with Crippen molar-refractivity contribution in [2.75, 3.05) is 13.1 Å². The van der Waals surface area contributed by atoms with Gasteiger partial charge in [0.2, 0.25) is 10.0 Å². The second-order valence-corrected chi connectivity index (χ2v) is 5.55. The molecular weight excluding hydrogens is 252 g/mol. The normalized spacial score (nSPS) is 11.3. The van der Waals surface area contributed by atoms with Gasteiger partial charge in [0.25, 0.3) is 5.91 Å². The highest BCUT2D eigenvalue weighted by atomic mass is 32.2. The molecule has 0 saturated carbocycles. The van der Waals surface area contributed by atoms with Gasteiger partial charge in [0.1, 0.15) is 0 Å². The van der Waals surface area contributed by atoms with Crippen LogP contribution in [-0.2, 0) is 10.0 Å². The maximum Gasteiger partial charge on any atom is 0.255 e. The van der Waals surface area contributed by atoms with Gasteiger partial charge in [0.15, 0.2) is 0 Å². The van der Waals surface area contributed by atoms with E-state index in [1.54, 1.807) is 24.0 Å². The highest BCUT2D eigenvalue weighted by Gasteiger charge is 2.22. The van der Waals surface area contributed by atoms with Gasteiger partial charge in [-0.1, -0.05) is 11.6 Å². The molecule has 1 aromatic rings. The lowest BCUT2D eigenvalue weighted by Crippen LogP contribution is -2.32. The van der Waals surface area contributed by atoms with Gasteiger partial charge in [-0.2, -0.15) is 0 Å². The van der Waals surface area contributed by atoms with Crippen LogP contribution in [0, 0.1) is 6.92 Å². The SMILES string of the molecule is CCN(CC)C(=O)c1cc(C)ccc1S(N)(=O)=O. The molecule has 0 heterocycles. The molecule has 1 amide bonds. The first-order chi connectivity index (χ1) is 8.31. The maximum absolute atomic E-state index is 12.2. The van der Waals surface area contributed by atoms with Gasteiger partial charge in [-0.05, 0) is 32.9 Å². The fourth-order valence-electron chi connectivity index (χ4n) is 1.74. The van der Waals surface area contributed by atoms with Crippen LogP contribution in [0.15, 0.2) is 23.1 Å². The smallest absolute Gasteiger partial charge is 0.255 e. The number of nitrogens with two attached hydrogens (primary N) is 1. The minimum absolute atomic E-state index is 0.120. The molecule has 0 aliphatic carbocycles. The lowest BCUT2D eigenvalue weighted by Gasteiger charge is -2.20. The lowest BCUT2D eigenvalue weighted by atomic mass is 10.1. The van der Waals surface area contributed by atoms with Crippen LogP contribution in [0.1, 0.15) is 29.8 Å². The number of hydrogen-bond donors (Lipinski definition) is 1. The lowest BCUT2D eigenvalue weighted by molar-refractivity contribution is 0.0769. The van der Waals surface area contributed by atoms with Crippen molar-refractivity contribution in [1.29, 1.82) is 0 Å². The molecule has 0 saturated heterocycles. The molecule has 18 heavy (non-hydrogen) atoms. The van der Waals surface area contributed by atoms with Crippen LogP contribution < -0.4 is 5.14 Å². The summed E-state index contributed by atoms with van der Waals surface area (Å²) in [4.78, 5) is 13.7. The maximum atomic E-state index is 12.2. The van der Waals surface area contributed by atoms with Crippen LogP contribution in [-0.4, -0.2) is 32.3 Å². The van der Waals surface area contributed by atoms with Crippen LogP contribution in [0.2, 0.25) is 0 Å². The molecule has 0 radical (unpaired) electrons. The second kappa shape index (κ2) is 5.49. The van der Waals surface area contributed by atoms with Crippen molar-refractivity contribution in [2.45, 2.75) is 25.7 Å². The van der Waals surface area contributed by atoms with Crippen LogP contribution in [0.5, 0.6) is 0 Å². The minimum atomic E-state index is -3.89. The first kappa shape index (κ1) is 14.7. The van der Waals surface area contributed by atoms with Crippen molar-refractivity contribution < 1.29 is 13.2 Å². The van der Waals surface area contributed by atoms with E-state index in [4.69, 9.17) is 5.14 Å². The summed E-state index contributed by atoms with van der Waals surface area (Å²) in [5.41, 5.74) is 0.958. The molecule has 0 bridgehead atoms. The number of aryl methyl sites for hydroxylation is 1. The summed E-state index contributed by atoms with van der Waals surface area (Å²) in [7, 11) is -3.89. The molecule has 0 unspecified atom stereocenters. The molecular formula is C12H18N2O3S. The topological polar surface area (TPSA) is 80.5 Å². The molecule has 0 aliphatic heterocycles. The minimum Gasteiger partial charge on any atom is -0.339 e. The third kappa shape index (κ3) is 3.08. The van der Waals surface area contributed by atoms with E-state index >= 15 is 0 Å². The monoisotopic (exact) mass is 270 g/mol. The van der Waals surface area contributed by atoms with Gasteiger partial charge >= 0.3 is 0 Å². The predicted molar refractivity (Wildman–Crippen MR) is 69.8 cm³/mol. The third-order valence-electron chi connectivity index (χ3n) is 2.72. The number of amides is 1. The number of nitrogens with zero attached hydrogens (tertiary/aromatic N) is 1. The first-order valence-electron chi connectivity index (χ1n) is 5.74. The van der Waals surface area contributed by atoms with Crippen molar-refractivity contribution in [3.63, 3.8) is 0 Å². The van der Waals surface area contributed by atoms with Crippen LogP contribution in [0.25, 0.3) is 0 Å². The summed E-state index contributed by atoms with van der Waals surface area (Å²) >= 11 is 0. The van der Waals surface area contributed by atoms with Crippen molar-refractivity contribution >= 4 is 15.9 Å². The Bertz CT molecular complexity index is 548. The number of primary sulfonamides is 1. The van der Waals surface area contributed by atoms with E-state index in [0.717, 1.165) is 5.56 Å².